The third kappa shape index (κ3) is 2.14. The lowest BCUT2D eigenvalue weighted by atomic mass is 10.1. The Kier molecular flexibility index (Phi) is 3.19. The van der Waals surface area contributed by atoms with E-state index in [0.717, 1.165) is 16.7 Å². The summed E-state index contributed by atoms with van der Waals surface area (Å²) in [6.07, 6.45) is 0.665. The first-order valence-corrected chi connectivity index (χ1v) is 5.78. The van der Waals surface area contributed by atoms with Gasteiger partial charge < -0.3 is 9.30 Å². The molecule has 2 aromatic rings. The van der Waals surface area contributed by atoms with Crippen molar-refractivity contribution in [2.75, 3.05) is 0 Å². The number of fused-ring (bicyclic) bond motifs is 1. The molecule has 0 N–H and O–H groups in total. The number of hydrogen-bond acceptors (Lipinski definition) is 3. The zero-order valence-corrected chi connectivity index (χ0v) is 10.6. The van der Waals surface area contributed by atoms with E-state index in [1.54, 1.807) is 13.1 Å². The molecule has 0 aliphatic carbocycles. The quantitative estimate of drug-likeness (QED) is 0.778. The van der Waals surface area contributed by atoms with E-state index in [9.17, 15) is 9.59 Å². The molecule has 1 aromatic heterocycles. The third-order valence-electron chi connectivity index (χ3n) is 2.72. The fraction of sp³-hybridized carbons (Fsp3) is 0.286. The molecule has 0 spiro atoms. The Morgan fingerprint density at radius 2 is 2.00 bits per heavy atom. The maximum absolute atomic E-state index is 11.8. The molecule has 0 bridgehead atoms. The fourth-order valence-electron chi connectivity index (χ4n) is 1.92. The Morgan fingerprint density at radius 3 is 2.61 bits per heavy atom. The lowest BCUT2D eigenvalue weighted by molar-refractivity contribution is 0.112. The number of hydrogen-bond donors (Lipinski definition) is 0. The molecule has 18 heavy (non-hydrogen) atoms. The molecule has 0 fully saturated rings. The third-order valence-corrected chi connectivity index (χ3v) is 2.72. The number of aryl methyl sites for hydroxylation is 1. The van der Waals surface area contributed by atoms with Crippen LogP contribution in [0.15, 0.2) is 29.1 Å². The Morgan fingerprint density at radius 1 is 1.28 bits per heavy atom. The maximum Gasteiger partial charge on any atom is 0.261 e. The summed E-state index contributed by atoms with van der Waals surface area (Å²) in [4.78, 5) is 22.6. The summed E-state index contributed by atoms with van der Waals surface area (Å²) in [6.45, 7) is 3.89. The molecular formula is C14H15NO3. The molecule has 0 saturated carbocycles. The van der Waals surface area contributed by atoms with Crippen molar-refractivity contribution in [1.82, 2.24) is 4.57 Å². The largest absolute Gasteiger partial charge is 0.491 e. The summed E-state index contributed by atoms with van der Waals surface area (Å²) < 4.78 is 7.06. The molecule has 0 aliphatic heterocycles. The Labute approximate surface area is 105 Å². The van der Waals surface area contributed by atoms with Crippen molar-refractivity contribution in [3.8, 4) is 5.75 Å². The van der Waals surface area contributed by atoms with Crippen LogP contribution in [-0.2, 0) is 7.05 Å². The van der Waals surface area contributed by atoms with Crippen molar-refractivity contribution in [1.29, 1.82) is 0 Å². The minimum atomic E-state index is -0.282. The van der Waals surface area contributed by atoms with Gasteiger partial charge in [0.2, 0.25) is 0 Å². The summed E-state index contributed by atoms with van der Waals surface area (Å²) in [5.74, 6) is 0.730. The SMILES string of the molecule is CC(C)Oc1ccc2c(c1)cc(C=O)c(=O)n2C. The number of pyridine rings is 1. The standard InChI is InChI=1S/C14H15NO3/c1-9(2)18-12-4-5-13-10(7-12)6-11(8-16)14(17)15(13)3/h4-9H,1-3H3. The van der Waals surface area contributed by atoms with E-state index in [2.05, 4.69) is 0 Å². The zero-order valence-electron chi connectivity index (χ0n) is 10.6. The summed E-state index contributed by atoms with van der Waals surface area (Å²) in [5, 5.41) is 0.817. The average Bonchev–Trinajstić information content (AvgIpc) is 2.32. The molecule has 0 aliphatic rings. The van der Waals surface area contributed by atoms with Gasteiger partial charge in [-0.3, -0.25) is 9.59 Å². The topological polar surface area (TPSA) is 48.3 Å². The molecule has 1 aromatic carbocycles. The normalized spacial score (nSPS) is 10.9. The predicted octanol–water partition coefficient (Wildman–Crippen LogP) is 2.14. The maximum atomic E-state index is 11.8. The lowest BCUT2D eigenvalue weighted by Gasteiger charge is -2.12. The van der Waals surface area contributed by atoms with Crippen molar-refractivity contribution >= 4 is 17.2 Å². The monoisotopic (exact) mass is 245 g/mol. The lowest BCUT2D eigenvalue weighted by Crippen LogP contribution is -2.20. The van der Waals surface area contributed by atoms with E-state index in [1.807, 2.05) is 32.0 Å². The molecular weight excluding hydrogens is 230 g/mol. The van der Waals surface area contributed by atoms with Gasteiger partial charge in [-0.2, -0.15) is 0 Å². The number of ether oxygens (including phenoxy) is 1. The first-order valence-electron chi connectivity index (χ1n) is 5.78. The van der Waals surface area contributed by atoms with Crippen molar-refractivity contribution in [3.05, 3.63) is 40.2 Å². The second-order valence-corrected chi connectivity index (χ2v) is 4.47. The Bertz CT molecular complexity index is 656. The smallest absolute Gasteiger partial charge is 0.261 e. The number of carbonyl (C=O) groups is 1. The van der Waals surface area contributed by atoms with Crippen molar-refractivity contribution in [2.24, 2.45) is 7.05 Å². The van der Waals surface area contributed by atoms with Crippen LogP contribution in [0, 0.1) is 0 Å². The van der Waals surface area contributed by atoms with Gasteiger partial charge in [-0.05, 0) is 38.1 Å². The van der Waals surface area contributed by atoms with Crippen LogP contribution in [0.3, 0.4) is 0 Å². The second kappa shape index (κ2) is 4.64. The number of nitrogens with zero attached hydrogens (tertiary/aromatic N) is 1. The van der Waals surface area contributed by atoms with E-state index in [0.29, 0.717) is 6.29 Å². The molecule has 1 heterocycles. The van der Waals surface area contributed by atoms with Crippen LogP contribution in [0.5, 0.6) is 5.75 Å². The molecule has 4 heteroatoms. The average molecular weight is 245 g/mol. The number of aromatic nitrogens is 1. The van der Waals surface area contributed by atoms with Gasteiger partial charge in [0.05, 0.1) is 17.2 Å². The zero-order chi connectivity index (χ0) is 13.3. The first kappa shape index (κ1) is 12.4. The highest BCUT2D eigenvalue weighted by Gasteiger charge is 2.07. The van der Waals surface area contributed by atoms with Crippen LogP contribution in [-0.4, -0.2) is 17.0 Å². The molecule has 4 nitrogen and oxygen atoms in total. The summed E-state index contributed by atoms with van der Waals surface area (Å²) >= 11 is 0. The molecule has 0 amide bonds. The number of aldehydes is 1. The summed E-state index contributed by atoms with van der Waals surface area (Å²) in [6, 6.07) is 7.07. The molecule has 94 valence electrons. The molecule has 0 unspecified atom stereocenters. The predicted molar refractivity (Wildman–Crippen MR) is 70.3 cm³/mol. The van der Waals surface area contributed by atoms with Gasteiger partial charge in [-0.25, -0.2) is 0 Å². The minimum absolute atomic E-state index is 0.0838. The fourth-order valence-corrected chi connectivity index (χ4v) is 1.92. The number of rotatable bonds is 3. The van der Waals surface area contributed by atoms with Gasteiger partial charge >= 0.3 is 0 Å². The van der Waals surface area contributed by atoms with Crippen LogP contribution >= 0.6 is 0 Å². The second-order valence-electron chi connectivity index (χ2n) is 4.47. The van der Waals surface area contributed by atoms with E-state index in [-0.39, 0.29) is 17.2 Å². The van der Waals surface area contributed by atoms with Crippen LogP contribution in [0.4, 0.5) is 0 Å². The molecule has 0 saturated heterocycles. The number of carbonyl (C=O) groups excluding carboxylic acids is 1. The van der Waals surface area contributed by atoms with Crippen LogP contribution in [0.1, 0.15) is 24.2 Å². The number of benzene rings is 1. The summed E-state index contributed by atoms with van der Waals surface area (Å²) in [5.41, 5.74) is 0.656. The van der Waals surface area contributed by atoms with Crippen molar-refractivity contribution in [2.45, 2.75) is 20.0 Å². The Balaban J connectivity index is 2.66. The van der Waals surface area contributed by atoms with E-state index in [1.165, 1.54) is 4.57 Å². The van der Waals surface area contributed by atoms with Crippen LogP contribution in [0.25, 0.3) is 10.9 Å². The van der Waals surface area contributed by atoms with E-state index >= 15 is 0 Å². The van der Waals surface area contributed by atoms with E-state index in [4.69, 9.17) is 4.74 Å². The van der Waals surface area contributed by atoms with Gasteiger partial charge in [0.15, 0.2) is 6.29 Å². The van der Waals surface area contributed by atoms with Crippen molar-refractivity contribution < 1.29 is 9.53 Å². The Hall–Kier alpha value is -2.10. The first-order chi connectivity index (χ1) is 8.52. The molecule has 0 atom stereocenters. The highest BCUT2D eigenvalue weighted by molar-refractivity contribution is 5.87. The van der Waals surface area contributed by atoms with Crippen LogP contribution < -0.4 is 10.3 Å². The summed E-state index contributed by atoms with van der Waals surface area (Å²) in [7, 11) is 1.65. The van der Waals surface area contributed by atoms with Gasteiger partial charge in [-0.15, -0.1) is 0 Å². The van der Waals surface area contributed by atoms with Crippen LogP contribution in [0.2, 0.25) is 0 Å². The van der Waals surface area contributed by atoms with Crippen molar-refractivity contribution in [3.63, 3.8) is 0 Å². The molecule has 2 rings (SSSR count). The minimum Gasteiger partial charge on any atom is -0.491 e. The highest BCUT2D eigenvalue weighted by Crippen LogP contribution is 2.20. The highest BCUT2D eigenvalue weighted by atomic mass is 16.5. The molecule has 0 radical (unpaired) electrons. The van der Waals surface area contributed by atoms with Gasteiger partial charge in [0.25, 0.3) is 5.56 Å². The van der Waals surface area contributed by atoms with Gasteiger partial charge in [0, 0.05) is 12.4 Å². The van der Waals surface area contributed by atoms with E-state index < -0.39 is 0 Å². The van der Waals surface area contributed by atoms with Gasteiger partial charge in [-0.1, -0.05) is 0 Å². The van der Waals surface area contributed by atoms with Gasteiger partial charge in [0.1, 0.15) is 5.75 Å².